The third-order valence-electron chi connectivity index (χ3n) is 2.59. The molecule has 1 N–H and O–H groups in total. The molecule has 1 amide bonds. The Hall–Kier alpha value is -1.88. The van der Waals surface area contributed by atoms with Crippen LogP contribution in [0, 0.1) is 5.95 Å². The van der Waals surface area contributed by atoms with Crippen molar-refractivity contribution in [2.75, 3.05) is 5.32 Å². The number of halogens is 2. The molecule has 0 unspecified atom stereocenters. The minimum atomic E-state index is -0.591. The van der Waals surface area contributed by atoms with Crippen LogP contribution in [0.2, 0.25) is 5.02 Å². The number of carbonyl (C=O) groups is 1. The second-order valence-corrected chi connectivity index (χ2v) is 4.80. The number of hydrogen-bond acceptors (Lipinski definition) is 2. The molecule has 100 valence electrons. The summed E-state index contributed by atoms with van der Waals surface area (Å²) < 4.78 is 14.4. The van der Waals surface area contributed by atoms with Crippen molar-refractivity contribution >= 4 is 23.2 Å². The Kier molecular flexibility index (Phi) is 3.85. The Balaban J connectivity index is 2.22. The fourth-order valence-corrected chi connectivity index (χ4v) is 1.91. The van der Waals surface area contributed by atoms with Gasteiger partial charge >= 0.3 is 0 Å². The molecule has 0 atom stereocenters. The molecule has 2 rings (SSSR count). The van der Waals surface area contributed by atoms with E-state index in [1.807, 2.05) is 13.8 Å². The summed E-state index contributed by atoms with van der Waals surface area (Å²) in [5.74, 6) is -0.902. The van der Waals surface area contributed by atoms with Gasteiger partial charge in [-0.05, 0) is 32.0 Å². The van der Waals surface area contributed by atoms with Gasteiger partial charge in [0.15, 0.2) is 0 Å². The van der Waals surface area contributed by atoms with Crippen molar-refractivity contribution in [1.29, 1.82) is 0 Å². The van der Waals surface area contributed by atoms with Gasteiger partial charge in [-0.25, -0.2) is 4.98 Å². The van der Waals surface area contributed by atoms with Crippen molar-refractivity contribution in [3.63, 3.8) is 0 Å². The number of rotatable bonds is 3. The first-order valence-corrected chi connectivity index (χ1v) is 6.15. The van der Waals surface area contributed by atoms with Crippen LogP contribution >= 0.6 is 11.6 Å². The molecule has 0 bridgehead atoms. The highest BCUT2D eigenvalue weighted by Crippen LogP contribution is 2.20. The molecule has 19 heavy (non-hydrogen) atoms. The Morgan fingerprint density at radius 1 is 1.47 bits per heavy atom. The van der Waals surface area contributed by atoms with Crippen molar-refractivity contribution in [3.05, 3.63) is 47.3 Å². The zero-order valence-corrected chi connectivity index (χ0v) is 11.3. The first-order valence-electron chi connectivity index (χ1n) is 5.77. The van der Waals surface area contributed by atoms with E-state index in [0.29, 0.717) is 16.4 Å². The molecule has 0 aliphatic carbocycles. The summed E-state index contributed by atoms with van der Waals surface area (Å²) in [5, 5.41) is 3.14. The minimum absolute atomic E-state index is 0.111. The topological polar surface area (TPSA) is 46.9 Å². The minimum Gasteiger partial charge on any atom is -0.339 e. The van der Waals surface area contributed by atoms with Crippen LogP contribution < -0.4 is 5.32 Å². The van der Waals surface area contributed by atoms with Gasteiger partial charge in [0, 0.05) is 12.2 Å². The molecule has 0 saturated carbocycles. The van der Waals surface area contributed by atoms with E-state index in [2.05, 4.69) is 10.3 Å². The summed E-state index contributed by atoms with van der Waals surface area (Å²) in [5.41, 5.74) is 0.878. The molecule has 4 nitrogen and oxygen atoms in total. The van der Waals surface area contributed by atoms with Gasteiger partial charge < -0.3 is 9.88 Å². The van der Waals surface area contributed by atoms with Crippen LogP contribution in [0.15, 0.2) is 30.6 Å². The normalized spacial score (nSPS) is 10.8. The summed E-state index contributed by atoms with van der Waals surface area (Å²) in [6.45, 7) is 3.90. The number of hydrogen-bond donors (Lipinski definition) is 1. The first-order chi connectivity index (χ1) is 8.97. The van der Waals surface area contributed by atoms with Crippen molar-refractivity contribution in [1.82, 2.24) is 9.55 Å². The number of carbonyl (C=O) groups excluding carboxylic acids is 1. The molecule has 6 heteroatoms. The molecule has 0 aromatic carbocycles. The van der Waals surface area contributed by atoms with E-state index < -0.39 is 5.95 Å². The quantitative estimate of drug-likeness (QED) is 0.875. The van der Waals surface area contributed by atoms with Crippen LogP contribution in [0.25, 0.3) is 0 Å². The summed E-state index contributed by atoms with van der Waals surface area (Å²) in [6, 6.07) is 4.34. The number of nitrogens with zero attached hydrogens (tertiary/aromatic N) is 2. The van der Waals surface area contributed by atoms with Crippen LogP contribution in [0.4, 0.5) is 10.1 Å². The van der Waals surface area contributed by atoms with Crippen molar-refractivity contribution < 1.29 is 9.18 Å². The molecule has 2 aromatic rings. The maximum absolute atomic E-state index is 12.7. The highest BCUT2D eigenvalue weighted by Gasteiger charge is 2.15. The van der Waals surface area contributed by atoms with Crippen LogP contribution in [0.5, 0.6) is 0 Å². The highest BCUT2D eigenvalue weighted by molar-refractivity contribution is 6.31. The fourth-order valence-electron chi connectivity index (χ4n) is 1.70. The zero-order valence-electron chi connectivity index (χ0n) is 10.5. The van der Waals surface area contributed by atoms with Crippen LogP contribution in [0.3, 0.4) is 0 Å². The predicted octanol–water partition coefficient (Wildman–Crippen LogP) is 3.51. The summed E-state index contributed by atoms with van der Waals surface area (Å²) in [4.78, 5) is 15.6. The smallest absolute Gasteiger partial charge is 0.272 e. The molecule has 0 aliphatic rings. The molecule has 0 spiro atoms. The Morgan fingerprint density at radius 3 is 2.79 bits per heavy atom. The number of nitrogens with one attached hydrogen (secondary N) is 1. The SMILES string of the molecule is CC(C)n1cc(Cl)cc1C(=O)Nc1ccc(F)nc1. The molecule has 0 aliphatic heterocycles. The monoisotopic (exact) mass is 281 g/mol. The molecular formula is C13H13ClFN3O. The van der Waals surface area contributed by atoms with E-state index in [0.717, 1.165) is 0 Å². The van der Waals surface area contributed by atoms with Gasteiger partial charge in [-0.3, -0.25) is 4.79 Å². The Morgan fingerprint density at radius 2 is 2.21 bits per heavy atom. The van der Waals surface area contributed by atoms with Crippen LogP contribution in [0.1, 0.15) is 30.4 Å². The first kappa shape index (κ1) is 13.5. The molecular weight excluding hydrogens is 269 g/mol. The number of aromatic nitrogens is 2. The Labute approximate surface area is 115 Å². The van der Waals surface area contributed by atoms with E-state index >= 15 is 0 Å². The maximum atomic E-state index is 12.7. The van der Waals surface area contributed by atoms with E-state index in [1.165, 1.54) is 18.3 Å². The second kappa shape index (κ2) is 5.40. The van der Waals surface area contributed by atoms with Crippen molar-refractivity contribution in [2.24, 2.45) is 0 Å². The van der Waals surface area contributed by atoms with Gasteiger partial charge in [-0.1, -0.05) is 11.6 Å². The fraction of sp³-hybridized carbons (Fsp3) is 0.231. The maximum Gasteiger partial charge on any atom is 0.272 e. The van der Waals surface area contributed by atoms with Crippen molar-refractivity contribution in [2.45, 2.75) is 19.9 Å². The average Bonchev–Trinajstić information content (AvgIpc) is 2.74. The van der Waals surface area contributed by atoms with E-state index in [9.17, 15) is 9.18 Å². The number of amides is 1. The van der Waals surface area contributed by atoms with Crippen molar-refractivity contribution in [3.8, 4) is 0 Å². The van der Waals surface area contributed by atoms with Gasteiger partial charge in [-0.2, -0.15) is 4.39 Å². The van der Waals surface area contributed by atoms with E-state index in [1.54, 1.807) is 16.8 Å². The zero-order chi connectivity index (χ0) is 14.0. The highest BCUT2D eigenvalue weighted by atomic mass is 35.5. The molecule has 0 radical (unpaired) electrons. The lowest BCUT2D eigenvalue weighted by Gasteiger charge is -2.12. The van der Waals surface area contributed by atoms with Gasteiger partial charge in [-0.15, -0.1) is 0 Å². The summed E-state index contributed by atoms with van der Waals surface area (Å²) in [6.07, 6.45) is 2.96. The lowest BCUT2D eigenvalue weighted by atomic mass is 10.3. The third-order valence-corrected chi connectivity index (χ3v) is 2.80. The number of pyridine rings is 1. The predicted molar refractivity (Wildman–Crippen MR) is 72.0 cm³/mol. The second-order valence-electron chi connectivity index (χ2n) is 4.37. The van der Waals surface area contributed by atoms with Gasteiger partial charge in [0.05, 0.1) is 16.9 Å². The average molecular weight is 282 g/mol. The van der Waals surface area contributed by atoms with Crippen LogP contribution in [-0.4, -0.2) is 15.5 Å². The number of anilines is 1. The van der Waals surface area contributed by atoms with Crippen LogP contribution in [-0.2, 0) is 0 Å². The summed E-state index contributed by atoms with van der Waals surface area (Å²) in [7, 11) is 0. The third kappa shape index (κ3) is 3.12. The van der Waals surface area contributed by atoms with E-state index in [-0.39, 0.29) is 11.9 Å². The largest absolute Gasteiger partial charge is 0.339 e. The molecule has 0 fully saturated rings. The lowest BCUT2D eigenvalue weighted by Crippen LogP contribution is -2.17. The molecule has 2 aromatic heterocycles. The Bertz CT molecular complexity index is 592. The summed E-state index contributed by atoms with van der Waals surface area (Å²) >= 11 is 5.91. The van der Waals surface area contributed by atoms with Gasteiger partial charge in [0.25, 0.3) is 5.91 Å². The lowest BCUT2D eigenvalue weighted by molar-refractivity contribution is 0.101. The van der Waals surface area contributed by atoms with E-state index in [4.69, 9.17) is 11.6 Å². The van der Waals surface area contributed by atoms with Gasteiger partial charge in [0.2, 0.25) is 5.95 Å². The molecule has 2 heterocycles. The van der Waals surface area contributed by atoms with Gasteiger partial charge in [0.1, 0.15) is 5.69 Å². The molecule has 0 saturated heterocycles. The standard InChI is InChI=1S/C13H13ClFN3O/c1-8(2)18-7-9(14)5-11(18)13(19)17-10-3-4-12(15)16-6-10/h3-8H,1-2H3,(H,17,19).